The van der Waals surface area contributed by atoms with E-state index in [1.54, 1.807) is 39.5 Å². The fraction of sp³-hybridized carbons (Fsp3) is 0.429. The zero-order chi connectivity index (χ0) is 20.5. The van der Waals surface area contributed by atoms with Crippen LogP contribution in [-0.4, -0.2) is 39.0 Å². The first-order valence-corrected chi connectivity index (χ1v) is 9.19. The predicted molar refractivity (Wildman–Crippen MR) is 106 cm³/mol. The number of rotatable bonds is 10. The van der Waals surface area contributed by atoms with Crippen molar-refractivity contribution in [2.24, 2.45) is 0 Å². The van der Waals surface area contributed by atoms with Crippen molar-refractivity contribution < 1.29 is 28.3 Å². The molecule has 7 heteroatoms. The third-order valence-corrected chi connectivity index (χ3v) is 4.34. The number of carbonyl (C=O) groups excluding carboxylic acids is 1. The van der Waals surface area contributed by atoms with E-state index in [-0.39, 0.29) is 5.97 Å². The summed E-state index contributed by atoms with van der Waals surface area (Å²) in [5.74, 6) is 1.16. The van der Waals surface area contributed by atoms with Gasteiger partial charge < -0.3 is 18.9 Å². The molecule has 0 aliphatic rings. The Kier molecular flexibility index (Phi) is 7.92. The number of unbranched alkanes of at least 4 members (excludes halogenated alkanes) is 1. The van der Waals surface area contributed by atoms with Crippen molar-refractivity contribution >= 4 is 12.0 Å². The Morgan fingerprint density at radius 3 is 2.32 bits per heavy atom. The van der Waals surface area contributed by atoms with Crippen molar-refractivity contribution in [2.75, 3.05) is 28.4 Å². The zero-order valence-electron chi connectivity index (χ0n) is 17.2. The molecule has 0 aliphatic carbocycles. The van der Waals surface area contributed by atoms with E-state index >= 15 is 0 Å². The molecule has 0 N–H and O–H groups in total. The molecular formula is C21H29N2O5+. The fourth-order valence-corrected chi connectivity index (χ4v) is 2.89. The Bertz CT molecular complexity index is 801. The van der Waals surface area contributed by atoms with Gasteiger partial charge >= 0.3 is 5.97 Å². The molecule has 28 heavy (non-hydrogen) atoms. The van der Waals surface area contributed by atoms with Crippen molar-refractivity contribution in [1.29, 1.82) is 0 Å². The Morgan fingerprint density at radius 2 is 1.79 bits per heavy atom. The van der Waals surface area contributed by atoms with Gasteiger partial charge in [-0.15, -0.1) is 0 Å². The molecule has 2 aromatic rings. The molecule has 0 fully saturated rings. The second kappa shape index (κ2) is 10.4. The van der Waals surface area contributed by atoms with Gasteiger partial charge in [0.15, 0.2) is 11.5 Å². The summed E-state index contributed by atoms with van der Waals surface area (Å²) in [6.07, 6.45) is 9.95. The van der Waals surface area contributed by atoms with E-state index in [1.165, 1.54) is 7.11 Å². The highest BCUT2D eigenvalue weighted by Crippen LogP contribution is 2.38. The Labute approximate surface area is 166 Å². The van der Waals surface area contributed by atoms with Crippen LogP contribution in [0.4, 0.5) is 0 Å². The molecule has 0 aliphatic heterocycles. The van der Waals surface area contributed by atoms with Gasteiger partial charge in [-0.1, -0.05) is 13.3 Å². The third-order valence-electron chi connectivity index (χ3n) is 4.34. The molecule has 0 saturated carbocycles. The van der Waals surface area contributed by atoms with Crippen molar-refractivity contribution in [2.45, 2.75) is 32.9 Å². The van der Waals surface area contributed by atoms with Crippen LogP contribution in [0.15, 0.2) is 36.4 Å². The van der Waals surface area contributed by atoms with Crippen LogP contribution in [0.3, 0.4) is 0 Å². The van der Waals surface area contributed by atoms with Gasteiger partial charge in [-0.2, -0.15) is 0 Å². The second-order valence-corrected chi connectivity index (χ2v) is 6.30. The molecule has 0 bridgehead atoms. The molecule has 1 aromatic heterocycles. The first kappa shape index (κ1) is 21.3. The number of esters is 1. The molecule has 0 unspecified atom stereocenters. The summed E-state index contributed by atoms with van der Waals surface area (Å²) in [5, 5.41) is 0. The Balaban J connectivity index is 2.36. The van der Waals surface area contributed by atoms with Crippen LogP contribution in [0, 0.1) is 0 Å². The van der Waals surface area contributed by atoms with E-state index in [0.717, 1.165) is 24.9 Å². The van der Waals surface area contributed by atoms with Crippen LogP contribution in [0.5, 0.6) is 17.2 Å². The number of benzene rings is 1. The molecule has 1 aromatic carbocycles. The smallest absolute Gasteiger partial charge is 0.337 e. The number of carbonyl (C=O) groups is 1. The van der Waals surface area contributed by atoms with Gasteiger partial charge in [0.1, 0.15) is 18.9 Å². The number of ether oxygens (including phenoxy) is 4. The molecule has 7 nitrogen and oxygen atoms in total. The van der Waals surface area contributed by atoms with Gasteiger partial charge in [0.25, 0.3) is 0 Å². The molecule has 0 atom stereocenters. The summed E-state index contributed by atoms with van der Waals surface area (Å²) in [4.78, 5) is 12.3. The minimum Gasteiger partial charge on any atom is -0.493 e. The minimum atomic E-state index is -0.387. The Morgan fingerprint density at radius 1 is 1.11 bits per heavy atom. The lowest BCUT2D eigenvalue weighted by atomic mass is 10.1. The van der Waals surface area contributed by atoms with Crippen molar-refractivity contribution in [3.05, 3.63) is 42.0 Å². The van der Waals surface area contributed by atoms with Gasteiger partial charge in [0.05, 0.1) is 40.6 Å². The number of imidazole rings is 1. The summed E-state index contributed by atoms with van der Waals surface area (Å²) in [6, 6.07) is 3.59. The monoisotopic (exact) mass is 389 g/mol. The average Bonchev–Trinajstić information content (AvgIpc) is 3.17. The first-order chi connectivity index (χ1) is 13.6. The molecule has 0 spiro atoms. The van der Waals surface area contributed by atoms with E-state index in [9.17, 15) is 4.79 Å². The maximum atomic E-state index is 12.3. The van der Waals surface area contributed by atoms with E-state index < -0.39 is 0 Å². The van der Waals surface area contributed by atoms with Gasteiger partial charge in [-0.05, 0) is 30.2 Å². The SMILES string of the molecule is CCCCn1cc[n+](C/C(=C\c2cc(OC)c(OC)c(OC)c2)C(=O)OC)c1. The molecule has 0 amide bonds. The summed E-state index contributed by atoms with van der Waals surface area (Å²) in [7, 11) is 6.04. The van der Waals surface area contributed by atoms with Crippen LogP contribution in [0.1, 0.15) is 25.3 Å². The lowest BCUT2D eigenvalue weighted by molar-refractivity contribution is -0.687. The van der Waals surface area contributed by atoms with Gasteiger partial charge in [0, 0.05) is 0 Å². The maximum Gasteiger partial charge on any atom is 0.337 e. The van der Waals surface area contributed by atoms with Crippen molar-refractivity contribution in [3.8, 4) is 17.2 Å². The normalized spacial score (nSPS) is 11.2. The fourth-order valence-electron chi connectivity index (χ4n) is 2.89. The van der Waals surface area contributed by atoms with Crippen LogP contribution in [0.2, 0.25) is 0 Å². The maximum absolute atomic E-state index is 12.3. The minimum absolute atomic E-state index is 0.387. The number of hydrogen-bond donors (Lipinski definition) is 0. The summed E-state index contributed by atoms with van der Waals surface area (Å²) in [6.45, 7) is 3.50. The molecule has 0 radical (unpaired) electrons. The lowest BCUT2D eigenvalue weighted by Crippen LogP contribution is -2.34. The van der Waals surface area contributed by atoms with Gasteiger partial charge in [0.2, 0.25) is 12.1 Å². The highest BCUT2D eigenvalue weighted by atomic mass is 16.5. The van der Waals surface area contributed by atoms with Gasteiger partial charge in [-0.25, -0.2) is 13.9 Å². The number of aryl methyl sites for hydroxylation is 1. The number of methoxy groups -OCH3 is 4. The van der Waals surface area contributed by atoms with Crippen LogP contribution in [0.25, 0.3) is 6.08 Å². The largest absolute Gasteiger partial charge is 0.493 e. The lowest BCUT2D eigenvalue weighted by Gasteiger charge is -2.13. The topological polar surface area (TPSA) is 62.8 Å². The van der Waals surface area contributed by atoms with Crippen LogP contribution < -0.4 is 18.8 Å². The second-order valence-electron chi connectivity index (χ2n) is 6.30. The average molecular weight is 389 g/mol. The zero-order valence-corrected chi connectivity index (χ0v) is 17.2. The summed E-state index contributed by atoms with van der Waals surface area (Å²) >= 11 is 0. The van der Waals surface area contributed by atoms with Crippen molar-refractivity contribution in [1.82, 2.24) is 4.57 Å². The molecule has 2 rings (SSSR count). The van der Waals surface area contributed by atoms with Crippen LogP contribution >= 0.6 is 0 Å². The first-order valence-electron chi connectivity index (χ1n) is 9.19. The van der Waals surface area contributed by atoms with Crippen LogP contribution in [-0.2, 0) is 22.6 Å². The van der Waals surface area contributed by atoms with Gasteiger partial charge in [-0.3, -0.25) is 0 Å². The van der Waals surface area contributed by atoms with E-state index in [2.05, 4.69) is 11.5 Å². The molecule has 152 valence electrons. The number of aromatic nitrogens is 2. The number of nitrogens with zero attached hydrogens (tertiary/aromatic N) is 2. The standard InChI is InChI=1S/C21H29N2O5/c1-6-7-8-22-9-10-23(15-22)14-17(21(24)28-5)11-16-12-18(25-2)20(27-4)19(13-16)26-3/h9-13,15H,6-8,14H2,1-5H3/q+1/b17-11+. The van der Waals surface area contributed by atoms with E-state index in [1.807, 2.05) is 23.3 Å². The highest BCUT2D eigenvalue weighted by molar-refractivity contribution is 5.93. The highest BCUT2D eigenvalue weighted by Gasteiger charge is 2.17. The van der Waals surface area contributed by atoms with E-state index in [4.69, 9.17) is 18.9 Å². The van der Waals surface area contributed by atoms with E-state index in [0.29, 0.717) is 29.4 Å². The van der Waals surface area contributed by atoms with Crippen molar-refractivity contribution in [3.63, 3.8) is 0 Å². The number of hydrogen-bond acceptors (Lipinski definition) is 5. The molecular weight excluding hydrogens is 360 g/mol. The Hall–Kier alpha value is -2.96. The predicted octanol–water partition coefficient (Wildman–Crippen LogP) is 2.86. The summed E-state index contributed by atoms with van der Waals surface area (Å²) < 4.78 is 25.2. The quantitative estimate of drug-likeness (QED) is 0.355. The summed E-state index contributed by atoms with van der Waals surface area (Å²) in [5.41, 5.74) is 1.26. The molecule has 1 heterocycles. The molecule has 0 saturated heterocycles. The third kappa shape index (κ3) is 5.28.